The van der Waals surface area contributed by atoms with Crippen LogP contribution in [0.1, 0.15) is 48.5 Å². The fraction of sp³-hybridized carbons (Fsp3) is 0.611. The Labute approximate surface area is 128 Å². The van der Waals surface area contributed by atoms with E-state index in [2.05, 4.69) is 11.8 Å². The molecule has 0 aliphatic carbocycles. The summed E-state index contributed by atoms with van der Waals surface area (Å²) in [5.74, 6) is 0.189. The lowest BCUT2D eigenvalue weighted by molar-refractivity contribution is 0.0761. The molecule has 1 aliphatic heterocycles. The molecule has 1 aromatic rings. The van der Waals surface area contributed by atoms with Gasteiger partial charge in [0.15, 0.2) is 0 Å². The SMILES string of the molecule is CCCCCN1CCCN(C(=O)c2cccc(C)c2)CC1. The van der Waals surface area contributed by atoms with Gasteiger partial charge in [-0.15, -0.1) is 0 Å². The Morgan fingerprint density at radius 3 is 2.76 bits per heavy atom. The first kappa shape index (κ1) is 16.0. The molecule has 3 nitrogen and oxygen atoms in total. The molecule has 0 bridgehead atoms. The zero-order valence-corrected chi connectivity index (χ0v) is 13.5. The van der Waals surface area contributed by atoms with E-state index in [-0.39, 0.29) is 5.91 Å². The maximum Gasteiger partial charge on any atom is 0.253 e. The minimum Gasteiger partial charge on any atom is -0.337 e. The maximum absolute atomic E-state index is 12.6. The van der Waals surface area contributed by atoms with Gasteiger partial charge >= 0.3 is 0 Å². The largest absolute Gasteiger partial charge is 0.337 e. The lowest BCUT2D eigenvalue weighted by Crippen LogP contribution is -2.35. The molecule has 3 heteroatoms. The van der Waals surface area contributed by atoms with Crippen molar-refractivity contribution in [2.45, 2.75) is 39.5 Å². The van der Waals surface area contributed by atoms with Crippen molar-refractivity contribution < 1.29 is 4.79 Å². The molecule has 1 aromatic carbocycles. The van der Waals surface area contributed by atoms with Crippen LogP contribution in [0.15, 0.2) is 24.3 Å². The second kappa shape index (κ2) is 8.18. The van der Waals surface area contributed by atoms with E-state index >= 15 is 0 Å². The molecule has 0 spiro atoms. The van der Waals surface area contributed by atoms with Crippen molar-refractivity contribution in [3.8, 4) is 0 Å². The molecule has 116 valence electrons. The van der Waals surface area contributed by atoms with E-state index in [9.17, 15) is 4.79 Å². The molecule has 0 N–H and O–H groups in total. The Morgan fingerprint density at radius 1 is 1.14 bits per heavy atom. The van der Waals surface area contributed by atoms with Crippen LogP contribution < -0.4 is 0 Å². The third-order valence-corrected chi connectivity index (χ3v) is 4.22. The van der Waals surface area contributed by atoms with Crippen LogP contribution >= 0.6 is 0 Å². The zero-order valence-electron chi connectivity index (χ0n) is 13.5. The predicted molar refractivity (Wildman–Crippen MR) is 87.7 cm³/mol. The Balaban J connectivity index is 1.89. The van der Waals surface area contributed by atoms with Crippen molar-refractivity contribution in [3.63, 3.8) is 0 Å². The minimum atomic E-state index is 0.189. The molecule has 1 aliphatic rings. The molecule has 0 aromatic heterocycles. The number of aryl methyl sites for hydroxylation is 1. The van der Waals surface area contributed by atoms with Crippen molar-refractivity contribution in [2.24, 2.45) is 0 Å². The monoisotopic (exact) mass is 288 g/mol. The number of nitrogens with zero attached hydrogens (tertiary/aromatic N) is 2. The quantitative estimate of drug-likeness (QED) is 0.776. The highest BCUT2D eigenvalue weighted by Gasteiger charge is 2.19. The van der Waals surface area contributed by atoms with Crippen molar-refractivity contribution in [2.75, 3.05) is 32.7 Å². The summed E-state index contributed by atoms with van der Waals surface area (Å²) in [5.41, 5.74) is 1.98. The van der Waals surface area contributed by atoms with Crippen LogP contribution in [0.2, 0.25) is 0 Å². The summed E-state index contributed by atoms with van der Waals surface area (Å²) >= 11 is 0. The van der Waals surface area contributed by atoms with E-state index in [4.69, 9.17) is 0 Å². The number of hydrogen-bond donors (Lipinski definition) is 0. The van der Waals surface area contributed by atoms with Crippen molar-refractivity contribution in [1.29, 1.82) is 0 Å². The maximum atomic E-state index is 12.6. The van der Waals surface area contributed by atoms with Gasteiger partial charge < -0.3 is 9.80 Å². The number of unbranched alkanes of at least 4 members (excludes halogenated alkanes) is 2. The van der Waals surface area contributed by atoms with Crippen LogP contribution in [-0.4, -0.2) is 48.4 Å². The van der Waals surface area contributed by atoms with Crippen LogP contribution in [0, 0.1) is 6.92 Å². The number of amides is 1. The third-order valence-electron chi connectivity index (χ3n) is 4.22. The lowest BCUT2D eigenvalue weighted by atomic mass is 10.1. The molecule has 0 unspecified atom stereocenters. The molecule has 1 amide bonds. The zero-order chi connectivity index (χ0) is 15.1. The first-order valence-corrected chi connectivity index (χ1v) is 8.29. The summed E-state index contributed by atoms with van der Waals surface area (Å²) in [6.07, 6.45) is 4.94. The van der Waals surface area contributed by atoms with E-state index < -0.39 is 0 Å². The van der Waals surface area contributed by atoms with Gasteiger partial charge in [-0.3, -0.25) is 4.79 Å². The van der Waals surface area contributed by atoms with Gasteiger partial charge in [-0.05, 0) is 45.0 Å². The first-order chi connectivity index (χ1) is 10.2. The Hall–Kier alpha value is -1.35. The van der Waals surface area contributed by atoms with Crippen LogP contribution in [-0.2, 0) is 0 Å². The number of rotatable bonds is 5. The van der Waals surface area contributed by atoms with Gasteiger partial charge in [-0.1, -0.05) is 37.5 Å². The predicted octanol–water partition coefficient (Wildman–Crippen LogP) is 3.33. The average molecular weight is 288 g/mol. The average Bonchev–Trinajstić information content (AvgIpc) is 2.72. The number of benzene rings is 1. The molecule has 1 saturated heterocycles. The van der Waals surface area contributed by atoms with Gasteiger partial charge in [0.05, 0.1) is 0 Å². The van der Waals surface area contributed by atoms with Gasteiger partial charge in [0.2, 0.25) is 0 Å². The minimum absolute atomic E-state index is 0.189. The highest BCUT2D eigenvalue weighted by molar-refractivity contribution is 5.94. The van der Waals surface area contributed by atoms with Gasteiger partial charge in [0.25, 0.3) is 5.91 Å². The molecular weight excluding hydrogens is 260 g/mol. The third kappa shape index (κ3) is 4.85. The van der Waals surface area contributed by atoms with Crippen molar-refractivity contribution >= 4 is 5.91 Å². The normalized spacial score (nSPS) is 16.8. The fourth-order valence-electron chi connectivity index (χ4n) is 2.94. The van der Waals surface area contributed by atoms with E-state index in [1.165, 1.54) is 25.8 Å². The van der Waals surface area contributed by atoms with Crippen LogP contribution in [0.3, 0.4) is 0 Å². The van der Waals surface area contributed by atoms with Crippen LogP contribution in [0.4, 0.5) is 0 Å². The number of hydrogen-bond acceptors (Lipinski definition) is 2. The standard InChI is InChI=1S/C18H28N2O/c1-3-4-5-10-19-11-7-12-20(14-13-19)18(21)17-9-6-8-16(2)15-17/h6,8-9,15H,3-5,7,10-14H2,1-2H3. The Bertz CT molecular complexity index is 458. The second-order valence-electron chi connectivity index (χ2n) is 6.06. The fourth-order valence-corrected chi connectivity index (χ4v) is 2.94. The summed E-state index contributed by atoms with van der Waals surface area (Å²) < 4.78 is 0. The molecule has 1 heterocycles. The van der Waals surface area contributed by atoms with Crippen molar-refractivity contribution in [3.05, 3.63) is 35.4 Å². The van der Waals surface area contributed by atoms with Gasteiger partial charge in [0.1, 0.15) is 0 Å². The lowest BCUT2D eigenvalue weighted by Gasteiger charge is -2.22. The Morgan fingerprint density at radius 2 is 2.00 bits per heavy atom. The second-order valence-corrected chi connectivity index (χ2v) is 6.06. The molecular formula is C18H28N2O. The molecule has 21 heavy (non-hydrogen) atoms. The molecule has 0 atom stereocenters. The van der Waals surface area contributed by atoms with E-state index in [0.717, 1.165) is 43.7 Å². The van der Waals surface area contributed by atoms with Gasteiger partial charge in [-0.2, -0.15) is 0 Å². The van der Waals surface area contributed by atoms with Gasteiger partial charge in [0, 0.05) is 25.2 Å². The molecule has 2 rings (SSSR count). The van der Waals surface area contributed by atoms with E-state index in [1.807, 2.05) is 36.1 Å². The number of carbonyl (C=O) groups excluding carboxylic acids is 1. The topological polar surface area (TPSA) is 23.6 Å². The van der Waals surface area contributed by atoms with Crippen molar-refractivity contribution in [1.82, 2.24) is 9.80 Å². The summed E-state index contributed by atoms with van der Waals surface area (Å²) in [4.78, 5) is 17.1. The van der Waals surface area contributed by atoms with Gasteiger partial charge in [-0.25, -0.2) is 0 Å². The van der Waals surface area contributed by atoms with E-state index in [0.29, 0.717) is 0 Å². The van der Waals surface area contributed by atoms with Crippen LogP contribution in [0.25, 0.3) is 0 Å². The Kier molecular flexibility index (Phi) is 6.24. The van der Waals surface area contributed by atoms with Crippen LogP contribution in [0.5, 0.6) is 0 Å². The summed E-state index contributed by atoms with van der Waals surface area (Å²) in [5, 5.41) is 0. The summed E-state index contributed by atoms with van der Waals surface area (Å²) in [6.45, 7) is 9.35. The molecule has 0 saturated carbocycles. The smallest absolute Gasteiger partial charge is 0.253 e. The number of carbonyl (C=O) groups is 1. The summed E-state index contributed by atoms with van der Waals surface area (Å²) in [6, 6.07) is 7.93. The summed E-state index contributed by atoms with van der Waals surface area (Å²) in [7, 11) is 0. The molecule has 1 fully saturated rings. The molecule has 0 radical (unpaired) electrons. The van der Waals surface area contributed by atoms with E-state index in [1.54, 1.807) is 0 Å². The first-order valence-electron chi connectivity index (χ1n) is 8.29. The highest BCUT2D eigenvalue weighted by Crippen LogP contribution is 2.11. The highest BCUT2D eigenvalue weighted by atomic mass is 16.2.